The van der Waals surface area contributed by atoms with E-state index in [-0.39, 0.29) is 16.4 Å². The lowest BCUT2D eigenvalue weighted by Crippen LogP contribution is -2.14. The molecule has 0 fully saturated rings. The van der Waals surface area contributed by atoms with Crippen LogP contribution in [0.2, 0.25) is 5.02 Å². The third-order valence-corrected chi connectivity index (χ3v) is 5.98. The number of carbonyl (C=O) groups is 2. The van der Waals surface area contributed by atoms with Gasteiger partial charge in [0.15, 0.2) is 23.9 Å². The first-order chi connectivity index (χ1) is 17.9. The Morgan fingerprint density at radius 3 is 2.14 bits per heavy atom. The quantitative estimate of drug-likeness (QED) is 0.164. The van der Waals surface area contributed by atoms with Gasteiger partial charge in [0.2, 0.25) is 0 Å². The largest absolute Gasteiger partial charge is 0.490 e. The number of rotatable bonds is 10. The molecule has 6 heteroatoms. The maximum Gasteiger partial charge on any atom is 0.338 e. The van der Waals surface area contributed by atoms with E-state index < -0.39 is 12.6 Å². The second-order valence-corrected chi connectivity index (χ2v) is 8.84. The molecule has 0 aliphatic rings. The summed E-state index contributed by atoms with van der Waals surface area (Å²) < 4.78 is 16.9. The van der Waals surface area contributed by atoms with Gasteiger partial charge in [0.1, 0.15) is 6.61 Å². The molecule has 0 aliphatic carbocycles. The Morgan fingerprint density at radius 1 is 0.784 bits per heavy atom. The van der Waals surface area contributed by atoms with Gasteiger partial charge in [0.05, 0.1) is 17.2 Å². The Morgan fingerprint density at radius 2 is 1.46 bits per heavy atom. The van der Waals surface area contributed by atoms with Gasteiger partial charge in [-0.05, 0) is 42.7 Å². The maximum atomic E-state index is 12.7. The SMILES string of the molecule is CCOc1cc(C(=O)OCC(=O)c2ccc(-c3ccccc3)cc2)cc(Cl)c1OCc1ccc(C)cc1. The average Bonchev–Trinajstić information content (AvgIpc) is 2.92. The van der Waals surface area contributed by atoms with Crippen LogP contribution in [0.4, 0.5) is 0 Å². The first kappa shape index (κ1) is 26.0. The van der Waals surface area contributed by atoms with Gasteiger partial charge in [0, 0.05) is 5.56 Å². The molecule has 0 unspecified atom stereocenters. The van der Waals surface area contributed by atoms with E-state index in [9.17, 15) is 9.59 Å². The van der Waals surface area contributed by atoms with Gasteiger partial charge in [-0.1, -0.05) is 96.0 Å². The highest BCUT2D eigenvalue weighted by Gasteiger charge is 2.19. The summed E-state index contributed by atoms with van der Waals surface area (Å²) in [6.07, 6.45) is 0. The van der Waals surface area contributed by atoms with Crippen molar-refractivity contribution in [1.82, 2.24) is 0 Å². The van der Waals surface area contributed by atoms with Crippen LogP contribution in [0.15, 0.2) is 91.0 Å². The van der Waals surface area contributed by atoms with Crippen LogP contribution < -0.4 is 9.47 Å². The molecule has 4 rings (SSSR count). The van der Waals surface area contributed by atoms with E-state index in [0.29, 0.717) is 30.3 Å². The Bertz CT molecular complexity index is 1360. The summed E-state index contributed by atoms with van der Waals surface area (Å²) in [5.74, 6) is -0.309. The van der Waals surface area contributed by atoms with Gasteiger partial charge in [0.25, 0.3) is 0 Å². The van der Waals surface area contributed by atoms with Crippen LogP contribution in [-0.4, -0.2) is 25.0 Å². The van der Waals surface area contributed by atoms with Gasteiger partial charge in [-0.3, -0.25) is 4.79 Å². The molecular formula is C31H27ClO5. The second-order valence-electron chi connectivity index (χ2n) is 8.44. The summed E-state index contributed by atoms with van der Waals surface area (Å²) in [5, 5.41) is 0.216. The number of ketones is 1. The molecule has 0 aliphatic heterocycles. The molecule has 0 atom stereocenters. The van der Waals surface area contributed by atoms with E-state index in [1.807, 2.05) is 80.6 Å². The molecule has 4 aromatic rings. The summed E-state index contributed by atoms with van der Waals surface area (Å²) in [6.45, 7) is 4.09. The highest BCUT2D eigenvalue weighted by Crippen LogP contribution is 2.37. The molecule has 0 heterocycles. The Balaban J connectivity index is 1.41. The predicted octanol–water partition coefficient (Wildman–Crippen LogP) is 7.33. The smallest absolute Gasteiger partial charge is 0.338 e. The molecule has 0 radical (unpaired) electrons. The van der Waals surface area contributed by atoms with E-state index >= 15 is 0 Å². The fourth-order valence-corrected chi connectivity index (χ4v) is 3.97. The standard InChI is InChI=1S/C31H27ClO5/c1-3-35-29-18-26(17-27(32)30(29)36-19-22-11-9-21(2)10-12-22)31(34)37-20-28(33)25-15-13-24(14-16-25)23-7-5-4-6-8-23/h4-18H,3,19-20H2,1-2H3. The second kappa shape index (κ2) is 12.2. The van der Waals surface area contributed by atoms with Gasteiger partial charge in [-0.25, -0.2) is 4.79 Å². The molecule has 0 saturated heterocycles. The summed E-state index contributed by atoms with van der Waals surface area (Å²) in [7, 11) is 0. The molecule has 0 saturated carbocycles. The molecular weight excluding hydrogens is 488 g/mol. The van der Waals surface area contributed by atoms with Gasteiger partial charge >= 0.3 is 5.97 Å². The number of esters is 1. The van der Waals surface area contributed by atoms with E-state index in [2.05, 4.69) is 0 Å². The Hall–Kier alpha value is -4.09. The van der Waals surface area contributed by atoms with E-state index in [0.717, 1.165) is 22.3 Å². The first-order valence-corrected chi connectivity index (χ1v) is 12.3. The number of aryl methyl sites for hydroxylation is 1. The lowest BCUT2D eigenvalue weighted by molar-refractivity contribution is 0.0474. The molecule has 0 aromatic heterocycles. The number of hydrogen-bond donors (Lipinski definition) is 0. The lowest BCUT2D eigenvalue weighted by atomic mass is 10.0. The van der Waals surface area contributed by atoms with E-state index in [1.54, 1.807) is 12.1 Å². The number of Topliss-reactive ketones (excluding diaryl/α,β-unsaturated/α-hetero) is 1. The van der Waals surface area contributed by atoms with Crippen LogP contribution in [-0.2, 0) is 11.3 Å². The number of benzene rings is 4. The predicted molar refractivity (Wildman–Crippen MR) is 145 cm³/mol. The van der Waals surface area contributed by atoms with Crippen molar-refractivity contribution in [3.63, 3.8) is 0 Å². The molecule has 0 spiro atoms. The zero-order valence-electron chi connectivity index (χ0n) is 20.7. The monoisotopic (exact) mass is 514 g/mol. The minimum Gasteiger partial charge on any atom is -0.490 e. The van der Waals surface area contributed by atoms with Crippen LogP contribution in [0.25, 0.3) is 11.1 Å². The number of carbonyl (C=O) groups excluding carboxylic acids is 2. The minimum absolute atomic E-state index is 0.170. The van der Waals surface area contributed by atoms with Crippen LogP contribution >= 0.6 is 11.6 Å². The molecule has 0 N–H and O–H groups in total. The molecule has 4 aromatic carbocycles. The summed E-state index contributed by atoms with van der Waals surface area (Å²) >= 11 is 6.45. The Kier molecular flexibility index (Phi) is 8.60. The molecule has 5 nitrogen and oxygen atoms in total. The van der Waals surface area contributed by atoms with Crippen molar-refractivity contribution in [1.29, 1.82) is 0 Å². The van der Waals surface area contributed by atoms with E-state index in [4.69, 9.17) is 25.8 Å². The number of halogens is 1. The lowest BCUT2D eigenvalue weighted by Gasteiger charge is -2.15. The first-order valence-electron chi connectivity index (χ1n) is 11.9. The highest BCUT2D eigenvalue weighted by atomic mass is 35.5. The molecule has 188 valence electrons. The third-order valence-electron chi connectivity index (χ3n) is 5.70. The normalized spacial score (nSPS) is 10.6. The number of hydrogen-bond acceptors (Lipinski definition) is 5. The van der Waals surface area contributed by atoms with Crippen molar-refractivity contribution in [3.8, 4) is 22.6 Å². The van der Waals surface area contributed by atoms with E-state index in [1.165, 1.54) is 12.1 Å². The highest BCUT2D eigenvalue weighted by molar-refractivity contribution is 6.32. The topological polar surface area (TPSA) is 61.8 Å². The molecule has 0 amide bonds. The summed E-state index contributed by atoms with van der Waals surface area (Å²) in [5.41, 5.74) is 4.81. The van der Waals surface area contributed by atoms with Gasteiger partial charge in [-0.15, -0.1) is 0 Å². The zero-order chi connectivity index (χ0) is 26.2. The van der Waals surface area contributed by atoms with Crippen molar-refractivity contribution in [2.45, 2.75) is 20.5 Å². The summed E-state index contributed by atoms with van der Waals surface area (Å²) in [4.78, 5) is 25.3. The van der Waals surface area contributed by atoms with Gasteiger partial charge in [-0.2, -0.15) is 0 Å². The minimum atomic E-state index is -0.679. The van der Waals surface area contributed by atoms with Crippen molar-refractivity contribution in [2.75, 3.05) is 13.2 Å². The van der Waals surface area contributed by atoms with Crippen molar-refractivity contribution < 1.29 is 23.8 Å². The number of ether oxygens (including phenoxy) is 3. The fraction of sp³-hybridized carbons (Fsp3) is 0.161. The van der Waals surface area contributed by atoms with Crippen molar-refractivity contribution >= 4 is 23.4 Å². The molecule has 37 heavy (non-hydrogen) atoms. The molecule has 0 bridgehead atoms. The third kappa shape index (κ3) is 6.78. The maximum absolute atomic E-state index is 12.7. The van der Waals surface area contributed by atoms with Crippen LogP contribution in [0, 0.1) is 6.92 Å². The van der Waals surface area contributed by atoms with Crippen LogP contribution in [0.1, 0.15) is 38.8 Å². The Labute approximate surface area is 221 Å². The van der Waals surface area contributed by atoms with Crippen molar-refractivity contribution in [2.24, 2.45) is 0 Å². The van der Waals surface area contributed by atoms with Crippen LogP contribution in [0.5, 0.6) is 11.5 Å². The zero-order valence-corrected chi connectivity index (χ0v) is 21.5. The average molecular weight is 515 g/mol. The van der Waals surface area contributed by atoms with Crippen molar-refractivity contribution in [3.05, 3.63) is 118 Å². The summed E-state index contributed by atoms with van der Waals surface area (Å²) in [6, 6.07) is 28.0. The van der Waals surface area contributed by atoms with Crippen LogP contribution in [0.3, 0.4) is 0 Å². The van der Waals surface area contributed by atoms with Gasteiger partial charge < -0.3 is 14.2 Å². The fourth-order valence-electron chi connectivity index (χ4n) is 3.71.